The van der Waals surface area contributed by atoms with E-state index in [2.05, 4.69) is 30.9 Å². The summed E-state index contributed by atoms with van der Waals surface area (Å²) in [5.41, 5.74) is 3.05. The molecule has 162 valence electrons. The first-order chi connectivity index (χ1) is 14.5. The lowest BCUT2D eigenvalue weighted by Crippen LogP contribution is -2.48. The van der Waals surface area contributed by atoms with E-state index in [1.54, 1.807) is 21.3 Å². The first kappa shape index (κ1) is 22.0. The van der Waals surface area contributed by atoms with Crippen LogP contribution in [0.25, 0.3) is 0 Å². The second-order valence-corrected chi connectivity index (χ2v) is 7.84. The van der Waals surface area contributed by atoms with Crippen LogP contribution in [0.4, 0.5) is 0 Å². The van der Waals surface area contributed by atoms with Gasteiger partial charge in [-0.25, -0.2) is 0 Å². The van der Waals surface area contributed by atoms with Gasteiger partial charge in [-0.1, -0.05) is 32.0 Å². The molecule has 0 bridgehead atoms. The molecule has 1 aliphatic rings. The molecule has 1 fully saturated rings. The summed E-state index contributed by atoms with van der Waals surface area (Å²) in [7, 11) is 4.87. The number of hydrogen-bond acceptors (Lipinski definition) is 5. The SMILES string of the molecule is COc1ccc(CN2CCN(C(=O)c3ccc(C(C)C)cc3)CC2)c(OC)c1OC. The molecule has 0 atom stereocenters. The van der Waals surface area contributed by atoms with E-state index >= 15 is 0 Å². The molecule has 3 rings (SSSR count). The zero-order chi connectivity index (χ0) is 21.7. The van der Waals surface area contributed by atoms with Crippen LogP contribution in [0.5, 0.6) is 17.2 Å². The van der Waals surface area contributed by atoms with Crippen molar-refractivity contribution < 1.29 is 19.0 Å². The Hall–Kier alpha value is -2.73. The van der Waals surface area contributed by atoms with Gasteiger partial charge in [-0.2, -0.15) is 0 Å². The molecule has 0 saturated carbocycles. The third-order valence-electron chi connectivity index (χ3n) is 5.66. The molecule has 0 aromatic heterocycles. The number of carbonyl (C=O) groups excluding carboxylic acids is 1. The highest BCUT2D eigenvalue weighted by Crippen LogP contribution is 2.40. The summed E-state index contributed by atoms with van der Waals surface area (Å²) in [5.74, 6) is 2.52. The van der Waals surface area contributed by atoms with Gasteiger partial charge in [0, 0.05) is 43.9 Å². The molecule has 1 heterocycles. The van der Waals surface area contributed by atoms with Crippen molar-refractivity contribution in [2.45, 2.75) is 26.3 Å². The van der Waals surface area contributed by atoms with Gasteiger partial charge in [0.1, 0.15) is 0 Å². The average Bonchev–Trinajstić information content (AvgIpc) is 2.78. The molecule has 0 aliphatic carbocycles. The number of benzene rings is 2. The lowest BCUT2D eigenvalue weighted by atomic mass is 10.0. The van der Waals surface area contributed by atoms with E-state index in [1.807, 2.05) is 29.2 Å². The second kappa shape index (κ2) is 9.85. The Balaban J connectivity index is 1.63. The van der Waals surface area contributed by atoms with Gasteiger partial charge >= 0.3 is 0 Å². The van der Waals surface area contributed by atoms with Gasteiger partial charge in [0.15, 0.2) is 11.5 Å². The minimum absolute atomic E-state index is 0.105. The summed E-state index contributed by atoms with van der Waals surface area (Å²) in [5, 5.41) is 0. The quantitative estimate of drug-likeness (QED) is 0.693. The second-order valence-electron chi connectivity index (χ2n) is 7.84. The van der Waals surface area contributed by atoms with E-state index in [0.29, 0.717) is 36.3 Å². The standard InChI is InChI=1S/C24H32N2O4/c1-17(2)18-6-8-19(9-7-18)24(27)26-14-12-25(13-15-26)16-20-10-11-21(28-3)23(30-5)22(20)29-4/h6-11,17H,12-16H2,1-5H3. The van der Waals surface area contributed by atoms with Crippen LogP contribution in [0.2, 0.25) is 0 Å². The molecule has 30 heavy (non-hydrogen) atoms. The van der Waals surface area contributed by atoms with E-state index in [4.69, 9.17) is 14.2 Å². The molecule has 0 unspecified atom stereocenters. The summed E-state index contributed by atoms with van der Waals surface area (Å²) in [6, 6.07) is 11.9. The van der Waals surface area contributed by atoms with Crippen LogP contribution in [-0.2, 0) is 6.54 Å². The van der Waals surface area contributed by atoms with Crippen molar-refractivity contribution in [2.24, 2.45) is 0 Å². The number of nitrogens with zero attached hydrogens (tertiary/aromatic N) is 2. The van der Waals surface area contributed by atoms with Crippen molar-refractivity contribution in [3.05, 3.63) is 53.1 Å². The first-order valence-corrected chi connectivity index (χ1v) is 10.4. The Labute approximate surface area is 179 Å². The third-order valence-corrected chi connectivity index (χ3v) is 5.66. The largest absolute Gasteiger partial charge is 0.493 e. The van der Waals surface area contributed by atoms with E-state index in [-0.39, 0.29) is 5.91 Å². The maximum absolute atomic E-state index is 12.9. The van der Waals surface area contributed by atoms with Crippen molar-refractivity contribution in [1.29, 1.82) is 0 Å². The maximum Gasteiger partial charge on any atom is 0.253 e. The van der Waals surface area contributed by atoms with E-state index in [0.717, 1.165) is 30.8 Å². The molecule has 2 aromatic rings. The summed E-state index contributed by atoms with van der Waals surface area (Å²) >= 11 is 0. The summed E-state index contributed by atoms with van der Waals surface area (Å²) in [4.78, 5) is 17.1. The minimum Gasteiger partial charge on any atom is -0.493 e. The Kier molecular flexibility index (Phi) is 7.21. The number of hydrogen-bond donors (Lipinski definition) is 0. The van der Waals surface area contributed by atoms with Crippen molar-refractivity contribution in [3.8, 4) is 17.2 Å². The summed E-state index contributed by atoms with van der Waals surface area (Å²) in [6.07, 6.45) is 0. The monoisotopic (exact) mass is 412 g/mol. The Morgan fingerprint density at radius 1 is 0.867 bits per heavy atom. The molecule has 1 amide bonds. The van der Waals surface area contributed by atoms with Gasteiger partial charge in [0.2, 0.25) is 5.75 Å². The molecule has 1 aliphatic heterocycles. The van der Waals surface area contributed by atoms with Gasteiger partial charge in [-0.15, -0.1) is 0 Å². The minimum atomic E-state index is 0.105. The van der Waals surface area contributed by atoms with E-state index < -0.39 is 0 Å². The molecular weight excluding hydrogens is 380 g/mol. The van der Waals surface area contributed by atoms with E-state index in [1.165, 1.54) is 5.56 Å². The summed E-state index contributed by atoms with van der Waals surface area (Å²) < 4.78 is 16.4. The van der Waals surface area contributed by atoms with Crippen LogP contribution in [0.15, 0.2) is 36.4 Å². The molecule has 1 saturated heterocycles. The number of methoxy groups -OCH3 is 3. The van der Waals surface area contributed by atoms with Crippen LogP contribution >= 0.6 is 0 Å². The molecule has 2 aromatic carbocycles. The third kappa shape index (κ3) is 4.70. The average molecular weight is 413 g/mol. The van der Waals surface area contributed by atoms with Crippen molar-refractivity contribution in [3.63, 3.8) is 0 Å². The molecule has 0 radical (unpaired) electrons. The number of ether oxygens (including phenoxy) is 3. The van der Waals surface area contributed by atoms with Crippen molar-refractivity contribution in [1.82, 2.24) is 9.80 Å². The van der Waals surface area contributed by atoms with Crippen LogP contribution < -0.4 is 14.2 Å². The van der Waals surface area contributed by atoms with Gasteiger partial charge in [-0.3, -0.25) is 9.69 Å². The van der Waals surface area contributed by atoms with Crippen LogP contribution in [0.3, 0.4) is 0 Å². The lowest BCUT2D eigenvalue weighted by Gasteiger charge is -2.35. The molecule has 0 spiro atoms. The van der Waals surface area contributed by atoms with E-state index in [9.17, 15) is 4.79 Å². The highest BCUT2D eigenvalue weighted by molar-refractivity contribution is 5.94. The van der Waals surface area contributed by atoms with Gasteiger partial charge in [0.25, 0.3) is 5.91 Å². The smallest absolute Gasteiger partial charge is 0.253 e. The molecule has 0 N–H and O–H groups in total. The highest BCUT2D eigenvalue weighted by Gasteiger charge is 2.24. The zero-order valence-electron chi connectivity index (χ0n) is 18.6. The predicted molar refractivity (Wildman–Crippen MR) is 118 cm³/mol. The molecular formula is C24H32N2O4. The Morgan fingerprint density at radius 2 is 1.50 bits per heavy atom. The lowest BCUT2D eigenvalue weighted by molar-refractivity contribution is 0.0627. The first-order valence-electron chi connectivity index (χ1n) is 10.4. The topological polar surface area (TPSA) is 51.2 Å². The van der Waals surface area contributed by atoms with Crippen molar-refractivity contribution >= 4 is 5.91 Å². The highest BCUT2D eigenvalue weighted by atomic mass is 16.5. The Bertz CT molecular complexity index is 856. The van der Waals surface area contributed by atoms with Crippen molar-refractivity contribution in [2.75, 3.05) is 47.5 Å². The fourth-order valence-corrected chi connectivity index (χ4v) is 3.83. The zero-order valence-corrected chi connectivity index (χ0v) is 18.6. The number of piperazine rings is 1. The fourth-order valence-electron chi connectivity index (χ4n) is 3.83. The van der Waals surface area contributed by atoms with Crippen LogP contribution in [-0.4, -0.2) is 63.2 Å². The normalized spacial score (nSPS) is 14.7. The number of amides is 1. The maximum atomic E-state index is 12.9. The number of rotatable bonds is 7. The molecule has 6 nitrogen and oxygen atoms in total. The van der Waals surface area contributed by atoms with Gasteiger partial charge in [-0.05, 0) is 29.7 Å². The summed E-state index contributed by atoms with van der Waals surface area (Å²) in [6.45, 7) is 8.09. The predicted octanol–water partition coefficient (Wildman–Crippen LogP) is 3.79. The van der Waals surface area contributed by atoms with Gasteiger partial charge in [0.05, 0.1) is 21.3 Å². The number of carbonyl (C=O) groups is 1. The van der Waals surface area contributed by atoms with Crippen LogP contribution in [0, 0.1) is 0 Å². The van der Waals surface area contributed by atoms with Gasteiger partial charge < -0.3 is 19.1 Å². The van der Waals surface area contributed by atoms with Crippen LogP contribution in [0.1, 0.15) is 41.3 Å². The fraction of sp³-hybridized carbons (Fsp3) is 0.458. The Morgan fingerprint density at radius 3 is 2.03 bits per heavy atom. The molecule has 6 heteroatoms.